The van der Waals surface area contributed by atoms with Crippen LogP contribution >= 0.6 is 24.4 Å². The molecule has 4 aromatic rings. The third-order valence-corrected chi connectivity index (χ3v) is 7.10. The molecule has 0 unspecified atom stereocenters. The summed E-state index contributed by atoms with van der Waals surface area (Å²) in [6.45, 7) is 4.08. The SMILES string of the molecule is C=C(CCc1cccc(-n2c(=S)[nH][nH]c2=S)c1)ONN(C)c1cccc(CCCc2cccc(N(C)C)c2)c1. The maximum absolute atomic E-state index is 5.76. The first-order valence-electron chi connectivity index (χ1n) is 13.0. The van der Waals surface area contributed by atoms with Crippen LogP contribution in [0.15, 0.2) is 85.1 Å². The Morgan fingerprint density at radius 2 is 1.38 bits per heavy atom. The van der Waals surface area contributed by atoms with Gasteiger partial charge in [0.15, 0.2) is 9.54 Å². The van der Waals surface area contributed by atoms with Crippen LogP contribution in [0.2, 0.25) is 0 Å². The van der Waals surface area contributed by atoms with Gasteiger partial charge in [-0.05, 0) is 103 Å². The minimum absolute atomic E-state index is 0.538. The molecule has 0 spiro atoms. The van der Waals surface area contributed by atoms with E-state index in [-0.39, 0.29) is 0 Å². The first-order valence-corrected chi connectivity index (χ1v) is 13.8. The van der Waals surface area contributed by atoms with Gasteiger partial charge in [0.05, 0.1) is 11.4 Å². The molecule has 0 amide bonds. The third-order valence-electron chi connectivity index (χ3n) is 6.53. The fraction of sp³-hybridized carbons (Fsp3) is 0.267. The van der Waals surface area contributed by atoms with Crippen LogP contribution in [0.1, 0.15) is 29.5 Å². The van der Waals surface area contributed by atoms with Crippen LogP contribution in [-0.4, -0.2) is 35.9 Å². The summed E-state index contributed by atoms with van der Waals surface area (Å²) in [4.78, 5) is 7.90. The Balaban J connectivity index is 1.24. The van der Waals surface area contributed by atoms with Gasteiger partial charge in [-0.2, -0.15) is 0 Å². The van der Waals surface area contributed by atoms with Gasteiger partial charge in [-0.1, -0.05) is 48.6 Å². The van der Waals surface area contributed by atoms with Gasteiger partial charge in [-0.15, -0.1) is 0 Å². The Labute approximate surface area is 240 Å². The van der Waals surface area contributed by atoms with E-state index >= 15 is 0 Å². The predicted octanol–water partition coefficient (Wildman–Crippen LogP) is 6.85. The molecule has 39 heavy (non-hydrogen) atoms. The lowest BCUT2D eigenvalue weighted by Crippen LogP contribution is -2.34. The second-order valence-electron chi connectivity index (χ2n) is 9.74. The Kier molecular flexibility index (Phi) is 9.75. The summed E-state index contributed by atoms with van der Waals surface area (Å²) in [5, 5.41) is 7.61. The smallest absolute Gasteiger partial charge is 0.198 e. The number of rotatable bonds is 13. The summed E-state index contributed by atoms with van der Waals surface area (Å²) in [5.41, 5.74) is 10.00. The van der Waals surface area contributed by atoms with Crippen molar-refractivity contribution < 1.29 is 4.84 Å². The number of aromatic nitrogens is 3. The van der Waals surface area contributed by atoms with Crippen molar-refractivity contribution in [2.24, 2.45) is 0 Å². The van der Waals surface area contributed by atoms with Gasteiger partial charge in [0, 0.05) is 33.3 Å². The molecule has 0 aliphatic heterocycles. The number of benzene rings is 3. The largest absolute Gasteiger partial charge is 0.394 e. The summed E-state index contributed by atoms with van der Waals surface area (Å²) in [6, 6.07) is 25.4. The molecule has 1 heterocycles. The molecule has 3 N–H and O–H groups in total. The molecule has 0 radical (unpaired) electrons. The number of aromatic amines is 2. The summed E-state index contributed by atoms with van der Waals surface area (Å²) >= 11 is 10.7. The van der Waals surface area contributed by atoms with Crippen LogP contribution < -0.4 is 15.5 Å². The zero-order chi connectivity index (χ0) is 27.8. The lowest BCUT2D eigenvalue weighted by Gasteiger charge is -2.21. The predicted molar refractivity (Wildman–Crippen MR) is 165 cm³/mol. The number of nitrogens with zero attached hydrogens (tertiary/aromatic N) is 3. The molecule has 0 aliphatic rings. The molecule has 4 rings (SSSR count). The van der Waals surface area contributed by atoms with E-state index in [0.29, 0.717) is 21.7 Å². The van der Waals surface area contributed by atoms with E-state index in [2.05, 4.69) is 102 Å². The number of hydrogen-bond acceptors (Lipinski definition) is 6. The maximum Gasteiger partial charge on any atom is 0.198 e. The van der Waals surface area contributed by atoms with Crippen molar-refractivity contribution >= 4 is 35.8 Å². The molecule has 1 aromatic heterocycles. The Hall–Kier alpha value is -3.66. The normalized spacial score (nSPS) is 10.8. The summed E-state index contributed by atoms with van der Waals surface area (Å²) in [5.74, 6) is 0.652. The fourth-order valence-corrected chi connectivity index (χ4v) is 4.88. The first kappa shape index (κ1) is 28.4. The van der Waals surface area contributed by atoms with Gasteiger partial charge in [-0.25, -0.2) is 0 Å². The highest BCUT2D eigenvalue weighted by Crippen LogP contribution is 2.19. The number of anilines is 2. The van der Waals surface area contributed by atoms with Crippen molar-refractivity contribution in [3.63, 3.8) is 0 Å². The van der Waals surface area contributed by atoms with Crippen LogP contribution in [0.25, 0.3) is 5.69 Å². The lowest BCUT2D eigenvalue weighted by molar-refractivity contribution is 0.0951. The second-order valence-corrected chi connectivity index (χ2v) is 10.5. The van der Waals surface area contributed by atoms with E-state index in [1.54, 1.807) is 4.57 Å². The van der Waals surface area contributed by atoms with Crippen LogP contribution in [-0.2, 0) is 24.1 Å². The maximum atomic E-state index is 5.76. The van der Waals surface area contributed by atoms with E-state index in [9.17, 15) is 0 Å². The molecule has 0 bridgehead atoms. The first-order chi connectivity index (χ1) is 18.8. The molecule has 0 saturated carbocycles. The van der Waals surface area contributed by atoms with E-state index in [4.69, 9.17) is 29.3 Å². The lowest BCUT2D eigenvalue weighted by atomic mass is 10.0. The number of H-pyrrole nitrogens is 2. The number of nitrogens with one attached hydrogen (secondary N) is 3. The zero-order valence-corrected chi connectivity index (χ0v) is 24.4. The molecular weight excluding hydrogens is 525 g/mol. The van der Waals surface area contributed by atoms with Gasteiger partial charge in [0.2, 0.25) is 0 Å². The van der Waals surface area contributed by atoms with E-state index in [1.807, 2.05) is 24.2 Å². The molecule has 0 saturated heterocycles. The zero-order valence-electron chi connectivity index (χ0n) is 22.7. The van der Waals surface area contributed by atoms with Gasteiger partial charge in [0.1, 0.15) is 5.76 Å². The van der Waals surface area contributed by atoms with Gasteiger partial charge in [0.25, 0.3) is 0 Å². The summed E-state index contributed by atoms with van der Waals surface area (Å²) in [6.07, 6.45) is 4.61. The number of hydrazine groups is 1. The Bertz CT molecular complexity index is 1490. The van der Waals surface area contributed by atoms with Gasteiger partial charge < -0.3 is 9.74 Å². The highest BCUT2D eigenvalue weighted by molar-refractivity contribution is 7.72. The molecular formula is C30H36N6OS2. The number of aryl methyl sites for hydroxylation is 3. The molecule has 3 aromatic carbocycles. The van der Waals surface area contributed by atoms with E-state index in [0.717, 1.165) is 42.6 Å². The highest BCUT2D eigenvalue weighted by Gasteiger charge is 2.07. The highest BCUT2D eigenvalue weighted by atomic mass is 32.1. The molecule has 7 nitrogen and oxygen atoms in total. The summed E-state index contributed by atoms with van der Waals surface area (Å²) < 4.78 is 2.87. The quantitative estimate of drug-likeness (QED) is 0.0944. The van der Waals surface area contributed by atoms with Crippen molar-refractivity contribution in [1.29, 1.82) is 0 Å². The van der Waals surface area contributed by atoms with Gasteiger partial charge >= 0.3 is 0 Å². The minimum Gasteiger partial charge on any atom is -0.394 e. The minimum atomic E-state index is 0.538. The Morgan fingerprint density at radius 3 is 2.03 bits per heavy atom. The fourth-order valence-electron chi connectivity index (χ4n) is 4.32. The average molecular weight is 561 g/mol. The van der Waals surface area contributed by atoms with Crippen LogP contribution in [0, 0.1) is 9.54 Å². The number of allylic oxidation sites excluding steroid dienone is 1. The molecule has 9 heteroatoms. The van der Waals surface area contributed by atoms with Crippen LogP contribution in [0.5, 0.6) is 0 Å². The summed E-state index contributed by atoms with van der Waals surface area (Å²) in [7, 11) is 6.09. The van der Waals surface area contributed by atoms with E-state index in [1.165, 1.54) is 16.8 Å². The number of hydrogen-bond donors (Lipinski definition) is 3. The molecule has 0 atom stereocenters. The van der Waals surface area contributed by atoms with Crippen molar-refractivity contribution in [3.8, 4) is 5.69 Å². The van der Waals surface area contributed by atoms with Crippen LogP contribution in [0.3, 0.4) is 0 Å². The third kappa shape index (κ3) is 7.92. The molecule has 0 fully saturated rings. The van der Waals surface area contributed by atoms with Crippen molar-refractivity contribution in [2.45, 2.75) is 32.1 Å². The molecule has 0 aliphatic carbocycles. The van der Waals surface area contributed by atoms with Crippen LogP contribution in [0.4, 0.5) is 11.4 Å². The van der Waals surface area contributed by atoms with Gasteiger partial charge in [-0.3, -0.25) is 19.8 Å². The van der Waals surface area contributed by atoms with Crippen molar-refractivity contribution in [1.82, 2.24) is 20.4 Å². The standard InChI is InChI=1S/C30H36N6OS2/c1-22(17-18-25-13-8-16-28(21-25)36-29(38)31-32-30(36)39)37-33-35(4)27-15-7-12-24(20-27)10-5-9-23-11-6-14-26(19-23)34(2)3/h6-8,11-16,19-21,33H,1,5,9-10,17-18H2,2-4H3,(H,31,38)(H,32,39). The second kappa shape index (κ2) is 13.4. The van der Waals surface area contributed by atoms with Crippen molar-refractivity contribution in [2.75, 3.05) is 31.1 Å². The Morgan fingerprint density at radius 1 is 0.821 bits per heavy atom. The van der Waals surface area contributed by atoms with E-state index < -0.39 is 0 Å². The monoisotopic (exact) mass is 560 g/mol. The molecule has 204 valence electrons. The average Bonchev–Trinajstić information content (AvgIpc) is 3.28. The van der Waals surface area contributed by atoms with Crippen molar-refractivity contribution in [3.05, 3.63) is 111 Å². The topological polar surface area (TPSA) is 64.2 Å².